The number of aryl methyl sites for hydroxylation is 2. The first-order chi connectivity index (χ1) is 25.5. The van der Waals surface area contributed by atoms with Crippen molar-refractivity contribution in [3.8, 4) is 11.3 Å². The summed E-state index contributed by atoms with van der Waals surface area (Å²) in [6.45, 7) is 0. The zero-order chi connectivity index (χ0) is 34.9. The molecule has 9 heteroatoms. The van der Waals surface area contributed by atoms with Crippen LogP contribution in [0.3, 0.4) is 0 Å². The monoisotopic (exact) mass is 771 g/mol. The topological polar surface area (TPSA) is 41.1 Å². The van der Waals surface area contributed by atoms with Crippen LogP contribution in [0.2, 0.25) is 0 Å². The van der Waals surface area contributed by atoms with Gasteiger partial charge in [0, 0.05) is 59.9 Å². The largest absolute Gasteiger partial charge is 0.340 e. The molecule has 0 bridgehead atoms. The van der Waals surface area contributed by atoms with Gasteiger partial charge in [0.25, 0.3) is 0 Å². The van der Waals surface area contributed by atoms with Gasteiger partial charge in [0.15, 0.2) is 11.5 Å². The molecule has 6 heterocycles. The van der Waals surface area contributed by atoms with Crippen molar-refractivity contribution in [2.24, 2.45) is 14.1 Å². The molecule has 2 aliphatic heterocycles. The van der Waals surface area contributed by atoms with Gasteiger partial charge in [0.1, 0.15) is 14.6 Å². The zero-order valence-corrected chi connectivity index (χ0v) is 34.6. The molecule has 0 N–H and O–H groups in total. The molecule has 53 heavy (non-hydrogen) atoms. The Hall–Kier alpha value is -5.21. The summed E-state index contributed by atoms with van der Waals surface area (Å²) in [6.07, 6.45) is 4.31. The molecule has 2 aliphatic rings. The summed E-state index contributed by atoms with van der Waals surface area (Å²) in [5, 5.41) is 3.94. The molecule has 4 aromatic heterocycles. The van der Waals surface area contributed by atoms with Crippen molar-refractivity contribution in [2.45, 2.75) is 15.3 Å². The van der Waals surface area contributed by atoms with E-state index in [4.69, 9.17) is 9.97 Å². The number of hydrogen-bond acceptors (Lipinski definition) is 5. The Morgan fingerprint density at radius 2 is 1.38 bits per heavy atom. The number of rotatable bonds is 5. The van der Waals surface area contributed by atoms with Gasteiger partial charge in [-0.1, -0.05) is 124 Å². The van der Waals surface area contributed by atoms with E-state index >= 15 is 0 Å². The van der Waals surface area contributed by atoms with E-state index in [2.05, 4.69) is 192 Å². The van der Waals surface area contributed by atoms with E-state index in [-0.39, 0.29) is 25.0 Å². The predicted molar refractivity (Wildman–Crippen MR) is 214 cm³/mol. The number of aromatic nitrogens is 4. The minimum atomic E-state index is -1.38. The van der Waals surface area contributed by atoms with Crippen molar-refractivity contribution in [1.82, 2.24) is 14.5 Å². The molecule has 0 fully saturated rings. The molecule has 0 amide bonds. The van der Waals surface area contributed by atoms with E-state index in [9.17, 15) is 0 Å². The molecule has 10 rings (SSSR count). The number of benzene rings is 4. The minimum absolute atomic E-state index is 0. The number of anilines is 5. The fraction of sp³-hybridized carbons (Fsp3) is 0.0909. The van der Waals surface area contributed by atoms with Crippen LogP contribution >= 0.6 is 11.8 Å². The summed E-state index contributed by atoms with van der Waals surface area (Å²) >= 11 is 1.83. The second-order valence-electron chi connectivity index (χ2n) is 13.5. The third kappa shape index (κ3) is 5.40. The van der Waals surface area contributed by atoms with Gasteiger partial charge in [0.2, 0.25) is 0 Å². The number of pyridine rings is 2. The number of hydrogen-bond donors (Lipinski definition) is 0. The smallest absolute Gasteiger partial charge is 0.178 e. The van der Waals surface area contributed by atoms with E-state index in [1.165, 1.54) is 36.8 Å². The van der Waals surface area contributed by atoms with Gasteiger partial charge in [0.05, 0.1) is 36.9 Å². The molecule has 0 saturated heterocycles. The fourth-order valence-corrected chi connectivity index (χ4v) is 12.6. The summed E-state index contributed by atoms with van der Waals surface area (Å²) in [5.74, 6) is 1.74. The Morgan fingerprint density at radius 3 is 2.13 bits per heavy atom. The number of para-hydroxylation sites is 2. The molecular formula is C44H35N6SSiZn. The molecule has 6 nitrogen and oxygen atoms in total. The first kappa shape index (κ1) is 33.6. The van der Waals surface area contributed by atoms with E-state index in [0.717, 1.165) is 45.6 Å². The Kier molecular flexibility index (Phi) is 8.45. The maximum Gasteiger partial charge on any atom is 0.178 e. The van der Waals surface area contributed by atoms with Crippen molar-refractivity contribution in [3.05, 3.63) is 163 Å². The van der Waals surface area contributed by atoms with Gasteiger partial charge in [-0.25, -0.2) is 9.97 Å². The molecule has 0 saturated carbocycles. The third-order valence-corrected chi connectivity index (χ3v) is 14.7. The Morgan fingerprint density at radius 1 is 0.698 bits per heavy atom. The maximum absolute atomic E-state index is 5.74. The summed E-state index contributed by atoms with van der Waals surface area (Å²) in [4.78, 5) is 18.3. The van der Waals surface area contributed by atoms with Crippen molar-refractivity contribution in [3.63, 3.8) is 0 Å². The fourth-order valence-electron chi connectivity index (χ4n) is 8.10. The quantitative estimate of drug-likeness (QED) is 0.100. The van der Waals surface area contributed by atoms with Gasteiger partial charge in [-0.3, -0.25) is 4.90 Å². The van der Waals surface area contributed by atoms with Crippen molar-refractivity contribution >= 4 is 70.7 Å². The van der Waals surface area contributed by atoms with Crippen molar-refractivity contribution in [2.75, 3.05) is 16.8 Å². The van der Waals surface area contributed by atoms with Gasteiger partial charge < -0.3 is 14.0 Å². The Balaban J connectivity index is 0.00000372. The Labute approximate surface area is 328 Å². The molecule has 253 valence electrons. The van der Waals surface area contributed by atoms with Crippen molar-refractivity contribution < 1.29 is 24.0 Å². The summed E-state index contributed by atoms with van der Waals surface area (Å²) in [7, 11) is 4.94. The average Bonchev–Trinajstić information content (AvgIpc) is 3.75. The number of fused-ring (bicyclic) bond motifs is 5. The zero-order valence-electron chi connectivity index (χ0n) is 29.8. The number of nitrogens with zero attached hydrogens (tertiary/aromatic N) is 6. The second kappa shape index (κ2) is 13.3. The van der Waals surface area contributed by atoms with Crippen LogP contribution in [0.4, 0.5) is 28.7 Å². The van der Waals surface area contributed by atoms with Crippen LogP contribution in [-0.2, 0) is 33.6 Å². The molecular weight excluding hydrogens is 738 g/mol. The SMILES string of the molecule is CN1c2ccccc2N(c2ccc3c(n2)C([Si](c2ccccc2)c2ccccc2)c2ccccc2S3)c2nc(-c3cn(C)c4c3[cH-]c[n+]4C)ccc21.[Zn]. The molecule has 1 unspecified atom stereocenters. The van der Waals surface area contributed by atoms with Gasteiger partial charge in [-0.05, 0) is 48.0 Å². The van der Waals surface area contributed by atoms with Crippen LogP contribution in [0.15, 0.2) is 162 Å². The van der Waals surface area contributed by atoms with Crippen LogP contribution in [0, 0.1) is 0 Å². The average molecular weight is 773 g/mol. The molecule has 1 radical (unpaired) electrons. The molecule has 4 aromatic carbocycles. The van der Waals surface area contributed by atoms with E-state index in [1.54, 1.807) is 0 Å². The first-order valence-electron chi connectivity index (χ1n) is 17.6. The van der Waals surface area contributed by atoms with Crippen LogP contribution in [-0.4, -0.2) is 30.4 Å². The predicted octanol–water partition coefficient (Wildman–Crippen LogP) is 8.17. The molecule has 8 aromatic rings. The normalized spacial score (nSPS) is 14.4. The van der Waals surface area contributed by atoms with E-state index in [1.807, 2.05) is 11.8 Å². The van der Waals surface area contributed by atoms with Crippen LogP contribution in [0.25, 0.3) is 22.3 Å². The van der Waals surface area contributed by atoms with Crippen LogP contribution in [0.1, 0.15) is 16.8 Å². The van der Waals surface area contributed by atoms with E-state index < -0.39 is 8.80 Å². The van der Waals surface area contributed by atoms with Crippen LogP contribution < -0.4 is 24.7 Å². The summed E-state index contributed by atoms with van der Waals surface area (Å²) in [5.41, 5.74) is 9.01. The standard InChI is InChI=1S/C44H35N6SSi.Zn/c1-47-27-26-31-33(28-48(2)44(31)47)34-22-23-37-43(45-34)50(36-20-12-11-19-35(36)49(37)3)40-25-24-39-41(46-40)42(32-18-10-13-21-38(32)51-39)52(29-14-6-4-7-15-29)30-16-8-5-9-17-30;/h4-28,42H,1-3H3;. The van der Waals surface area contributed by atoms with Gasteiger partial charge in [-0.2, -0.15) is 0 Å². The second-order valence-corrected chi connectivity index (χ2v) is 17.2. The summed E-state index contributed by atoms with van der Waals surface area (Å²) < 4.78 is 4.35. The summed E-state index contributed by atoms with van der Waals surface area (Å²) in [6, 6.07) is 50.7. The maximum atomic E-state index is 5.74. The van der Waals surface area contributed by atoms with Crippen molar-refractivity contribution in [1.29, 1.82) is 0 Å². The molecule has 1 atom stereocenters. The molecule has 0 spiro atoms. The van der Waals surface area contributed by atoms with Gasteiger partial charge >= 0.3 is 0 Å². The van der Waals surface area contributed by atoms with Gasteiger partial charge in [-0.15, -0.1) is 6.07 Å². The Bertz CT molecular complexity index is 2600. The first-order valence-corrected chi connectivity index (χ1v) is 19.9. The van der Waals surface area contributed by atoms with E-state index in [0.29, 0.717) is 0 Å². The minimum Gasteiger partial charge on any atom is -0.340 e. The van der Waals surface area contributed by atoms with Crippen LogP contribution in [0.5, 0.6) is 0 Å². The molecule has 0 aliphatic carbocycles. The third-order valence-electron chi connectivity index (χ3n) is 10.5.